The van der Waals surface area contributed by atoms with Crippen LogP contribution in [-0.2, 0) is 4.79 Å². The molecule has 2 aliphatic carbocycles. The zero-order valence-electron chi connectivity index (χ0n) is 13.2. The van der Waals surface area contributed by atoms with E-state index in [4.69, 9.17) is 0 Å². The normalized spacial score (nSPS) is 32.9. The van der Waals surface area contributed by atoms with Crippen LogP contribution in [0.25, 0.3) is 0 Å². The SMILES string of the molecule is Cl.Cl.O=C(NCC1CCN(C2CC2)C1)C1CC12CCNCC2. The number of piperidine rings is 1. The van der Waals surface area contributed by atoms with E-state index in [1.54, 1.807) is 0 Å². The molecule has 0 radical (unpaired) electrons. The van der Waals surface area contributed by atoms with Crippen molar-refractivity contribution in [3.05, 3.63) is 0 Å². The Morgan fingerprint density at radius 1 is 1.18 bits per heavy atom. The summed E-state index contributed by atoms with van der Waals surface area (Å²) in [5.74, 6) is 1.37. The smallest absolute Gasteiger partial charge is 0.223 e. The lowest BCUT2D eigenvalue weighted by molar-refractivity contribution is -0.123. The Kier molecular flexibility index (Phi) is 6.03. The quantitative estimate of drug-likeness (QED) is 0.813. The van der Waals surface area contributed by atoms with Gasteiger partial charge in [0.1, 0.15) is 0 Å². The van der Waals surface area contributed by atoms with Gasteiger partial charge in [0.2, 0.25) is 5.91 Å². The Balaban J connectivity index is 0.000000882. The fraction of sp³-hybridized carbons (Fsp3) is 0.938. The molecular formula is C16H29Cl2N3O. The van der Waals surface area contributed by atoms with E-state index in [0.29, 0.717) is 23.2 Å². The minimum atomic E-state index is 0. The predicted octanol–water partition coefficient (Wildman–Crippen LogP) is 1.82. The fourth-order valence-electron chi connectivity index (χ4n) is 4.36. The molecule has 4 nitrogen and oxygen atoms in total. The Hall–Kier alpha value is -0.0300. The van der Waals surface area contributed by atoms with Gasteiger partial charge in [-0.3, -0.25) is 4.79 Å². The highest BCUT2D eigenvalue weighted by molar-refractivity contribution is 5.85. The van der Waals surface area contributed by atoms with E-state index in [-0.39, 0.29) is 24.8 Å². The summed E-state index contributed by atoms with van der Waals surface area (Å²) < 4.78 is 0. The highest BCUT2D eigenvalue weighted by Gasteiger charge is 2.57. The number of hydrogen-bond donors (Lipinski definition) is 2. The molecule has 4 fully saturated rings. The lowest BCUT2D eigenvalue weighted by atomic mass is 9.91. The third kappa shape index (κ3) is 3.72. The summed E-state index contributed by atoms with van der Waals surface area (Å²) in [6, 6.07) is 0.886. The van der Waals surface area contributed by atoms with Crippen LogP contribution < -0.4 is 10.6 Å². The first-order valence-electron chi connectivity index (χ1n) is 8.49. The van der Waals surface area contributed by atoms with E-state index in [2.05, 4.69) is 15.5 Å². The van der Waals surface area contributed by atoms with Crippen molar-refractivity contribution in [3.8, 4) is 0 Å². The maximum absolute atomic E-state index is 12.3. The molecule has 6 heteroatoms. The molecule has 1 spiro atoms. The average Bonchev–Trinajstić information content (AvgIpc) is 3.38. The van der Waals surface area contributed by atoms with Gasteiger partial charge in [-0.2, -0.15) is 0 Å². The highest BCUT2D eigenvalue weighted by Crippen LogP contribution is 2.58. The third-order valence-electron chi connectivity index (χ3n) is 6.05. The first kappa shape index (κ1) is 18.3. The number of amides is 1. The summed E-state index contributed by atoms with van der Waals surface area (Å²) in [5, 5.41) is 6.65. The van der Waals surface area contributed by atoms with Crippen molar-refractivity contribution >= 4 is 30.7 Å². The van der Waals surface area contributed by atoms with Crippen molar-refractivity contribution in [3.63, 3.8) is 0 Å². The van der Waals surface area contributed by atoms with Crippen molar-refractivity contribution < 1.29 is 4.79 Å². The van der Waals surface area contributed by atoms with Gasteiger partial charge < -0.3 is 15.5 Å². The molecule has 2 aliphatic heterocycles. The van der Waals surface area contributed by atoms with Crippen molar-refractivity contribution in [2.75, 3.05) is 32.7 Å². The molecule has 1 amide bonds. The predicted molar refractivity (Wildman–Crippen MR) is 92.9 cm³/mol. The maximum Gasteiger partial charge on any atom is 0.223 e. The topological polar surface area (TPSA) is 44.4 Å². The molecule has 2 heterocycles. The van der Waals surface area contributed by atoms with Gasteiger partial charge in [0.25, 0.3) is 0 Å². The summed E-state index contributed by atoms with van der Waals surface area (Å²) in [6.07, 6.45) is 7.61. The van der Waals surface area contributed by atoms with Gasteiger partial charge in [0.05, 0.1) is 0 Å². The number of nitrogens with zero attached hydrogens (tertiary/aromatic N) is 1. The molecule has 0 aromatic heterocycles. The number of halogens is 2. The monoisotopic (exact) mass is 349 g/mol. The Morgan fingerprint density at radius 3 is 2.59 bits per heavy atom. The minimum Gasteiger partial charge on any atom is -0.356 e. The molecule has 2 saturated carbocycles. The molecule has 0 bridgehead atoms. The van der Waals surface area contributed by atoms with Crippen LogP contribution in [0.4, 0.5) is 0 Å². The van der Waals surface area contributed by atoms with Crippen molar-refractivity contribution in [2.24, 2.45) is 17.3 Å². The van der Waals surface area contributed by atoms with Crippen molar-refractivity contribution in [1.29, 1.82) is 0 Å². The van der Waals surface area contributed by atoms with Crippen LogP contribution in [0.15, 0.2) is 0 Å². The van der Waals surface area contributed by atoms with Crippen LogP contribution in [0.1, 0.15) is 38.5 Å². The Bertz CT molecular complexity index is 397. The lowest BCUT2D eigenvalue weighted by Gasteiger charge is -2.23. The standard InChI is InChI=1S/C16H27N3O.2ClH/c20-15(14-9-16(14)4-6-17-7-5-16)18-10-12-3-8-19(11-12)13-1-2-13;;/h12-14,17H,1-11H2,(H,18,20);2*1H. The largest absolute Gasteiger partial charge is 0.356 e. The molecule has 4 rings (SSSR count). The summed E-state index contributed by atoms with van der Waals surface area (Å²) in [5.41, 5.74) is 0.380. The number of carbonyl (C=O) groups is 1. The van der Waals surface area contributed by atoms with Crippen LogP contribution in [0, 0.1) is 17.3 Å². The summed E-state index contributed by atoms with van der Waals surface area (Å²) in [6.45, 7) is 5.58. The molecule has 2 N–H and O–H groups in total. The molecule has 4 aliphatic rings. The molecule has 2 atom stereocenters. The van der Waals surface area contributed by atoms with E-state index < -0.39 is 0 Å². The van der Waals surface area contributed by atoms with Gasteiger partial charge in [-0.1, -0.05) is 0 Å². The Morgan fingerprint density at radius 2 is 1.91 bits per heavy atom. The number of hydrogen-bond acceptors (Lipinski definition) is 3. The number of nitrogens with one attached hydrogen (secondary N) is 2. The molecule has 0 aromatic carbocycles. The van der Waals surface area contributed by atoms with Gasteiger partial charge >= 0.3 is 0 Å². The van der Waals surface area contributed by atoms with E-state index in [1.807, 2.05) is 0 Å². The van der Waals surface area contributed by atoms with Crippen LogP contribution in [0.2, 0.25) is 0 Å². The van der Waals surface area contributed by atoms with E-state index in [1.165, 1.54) is 45.2 Å². The Labute approximate surface area is 146 Å². The molecule has 128 valence electrons. The van der Waals surface area contributed by atoms with Gasteiger partial charge in [-0.25, -0.2) is 0 Å². The third-order valence-corrected chi connectivity index (χ3v) is 6.05. The van der Waals surface area contributed by atoms with Crippen molar-refractivity contribution in [1.82, 2.24) is 15.5 Å². The molecule has 2 saturated heterocycles. The summed E-state index contributed by atoms with van der Waals surface area (Å²) in [4.78, 5) is 14.9. The molecular weight excluding hydrogens is 321 g/mol. The first-order chi connectivity index (χ1) is 9.77. The summed E-state index contributed by atoms with van der Waals surface area (Å²) in [7, 11) is 0. The summed E-state index contributed by atoms with van der Waals surface area (Å²) >= 11 is 0. The first-order valence-corrected chi connectivity index (χ1v) is 8.49. The van der Waals surface area contributed by atoms with Crippen LogP contribution in [0.5, 0.6) is 0 Å². The van der Waals surface area contributed by atoms with Gasteiger partial charge in [-0.05, 0) is 69.5 Å². The number of likely N-dealkylation sites (tertiary alicyclic amines) is 1. The van der Waals surface area contributed by atoms with Gasteiger partial charge in [0, 0.05) is 25.0 Å². The molecule has 0 aromatic rings. The van der Waals surface area contributed by atoms with Crippen molar-refractivity contribution in [2.45, 2.75) is 44.6 Å². The van der Waals surface area contributed by atoms with Gasteiger partial charge in [-0.15, -0.1) is 24.8 Å². The lowest BCUT2D eigenvalue weighted by Crippen LogP contribution is -2.36. The van der Waals surface area contributed by atoms with Gasteiger partial charge in [0.15, 0.2) is 0 Å². The zero-order valence-corrected chi connectivity index (χ0v) is 14.8. The average molecular weight is 350 g/mol. The minimum absolute atomic E-state index is 0. The second-order valence-corrected chi connectivity index (χ2v) is 7.50. The molecule has 2 unspecified atom stereocenters. The van der Waals surface area contributed by atoms with E-state index >= 15 is 0 Å². The van der Waals surface area contributed by atoms with Crippen LogP contribution in [-0.4, -0.2) is 49.6 Å². The van der Waals surface area contributed by atoms with E-state index in [9.17, 15) is 4.79 Å². The highest BCUT2D eigenvalue weighted by atomic mass is 35.5. The molecule has 22 heavy (non-hydrogen) atoms. The second kappa shape index (κ2) is 7.25. The maximum atomic E-state index is 12.3. The van der Waals surface area contributed by atoms with Crippen LogP contribution >= 0.6 is 24.8 Å². The zero-order chi connectivity index (χ0) is 13.6. The second-order valence-electron chi connectivity index (χ2n) is 7.50. The van der Waals surface area contributed by atoms with Crippen LogP contribution in [0.3, 0.4) is 0 Å². The number of carbonyl (C=O) groups excluding carboxylic acids is 1. The number of rotatable bonds is 4. The fourth-order valence-corrected chi connectivity index (χ4v) is 4.36. The van der Waals surface area contributed by atoms with E-state index in [0.717, 1.165) is 32.1 Å².